The first-order valence-electron chi connectivity index (χ1n) is 5.59. The van der Waals surface area contributed by atoms with Crippen molar-refractivity contribution in [1.29, 1.82) is 0 Å². The van der Waals surface area contributed by atoms with Crippen molar-refractivity contribution in [2.75, 3.05) is 13.1 Å². The maximum Gasteiger partial charge on any atom is 0.244 e. The van der Waals surface area contributed by atoms with Crippen LogP contribution in [-0.2, 0) is 4.79 Å². The molecule has 0 saturated carbocycles. The zero-order chi connectivity index (χ0) is 12.4. The molecule has 2 N–H and O–H groups in total. The van der Waals surface area contributed by atoms with E-state index in [4.69, 9.17) is 17.3 Å². The highest BCUT2D eigenvalue weighted by atomic mass is 35.5. The van der Waals surface area contributed by atoms with Gasteiger partial charge in [0.05, 0.1) is 5.02 Å². The molecule has 0 aromatic heterocycles. The number of nitrogens with two attached hydrogens (primary N) is 1. The summed E-state index contributed by atoms with van der Waals surface area (Å²) in [4.78, 5) is 13.7. The second-order valence-corrected chi connectivity index (χ2v) is 4.59. The van der Waals surface area contributed by atoms with Gasteiger partial charge in [0.2, 0.25) is 5.91 Å². The molecule has 0 spiro atoms. The summed E-state index contributed by atoms with van der Waals surface area (Å²) in [6.07, 6.45) is 2.03. The van der Waals surface area contributed by atoms with Crippen LogP contribution in [-0.4, -0.2) is 23.9 Å². The Morgan fingerprint density at radius 1 is 1.41 bits per heavy atom. The lowest BCUT2D eigenvalue weighted by atomic mass is 10.1. The van der Waals surface area contributed by atoms with Crippen molar-refractivity contribution in [2.24, 2.45) is 5.73 Å². The summed E-state index contributed by atoms with van der Waals surface area (Å²) in [5.74, 6) is -0.624. The molecule has 1 amide bonds. The number of likely N-dealkylation sites (tertiary alicyclic amines) is 1. The average Bonchev–Trinajstić information content (AvgIpc) is 2.84. The van der Waals surface area contributed by atoms with Gasteiger partial charge in [0.1, 0.15) is 11.9 Å². The van der Waals surface area contributed by atoms with Crippen molar-refractivity contribution in [3.8, 4) is 0 Å². The van der Waals surface area contributed by atoms with Crippen molar-refractivity contribution in [1.82, 2.24) is 4.90 Å². The molecule has 1 saturated heterocycles. The first-order valence-corrected chi connectivity index (χ1v) is 5.96. The van der Waals surface area contributed by atoms with Gasteiger partial charge in [-0.15, -0.1) is 0 Å². The minimum atomic E-state index is -0.758. The molecule has 1 aliphatic rings. The van der Waals surface area contributed by atoms with E-state index in [1.165, 1.54) is 18.2 Å². The molecule has 3 nitrogen and oxygen atoms in total. The van der Waals surface area contributed by atoms with Gasteiger partial charge in [0.15, 0.2) is 0 Å². The van der Waals surface area contributed by atoms with Crippen LogP contribution in [0, 0.1) is 5.82 Å². The van der Waals surface area contributed by atoms with Crippen LogP contribution in [0.25, 0.3) is 0 Å². The van der Waals surface area contributed by atoms with Crippen LogP contribution < -0.4 is 5.73 Å². The van der Waals surface area contributed by atoms with Crippen molar-refractivity contribution in [3.05, 3.63) is 34.6 Å². The van der Waals surface area contributed by atoms with Gasteiger partial charge in [-0.25, -0.2) is 4.39 Å². The summed E-state index contributed by atoms with van der Waals surface area (Å²) in [7, 11) is 0. The van der Waals surface area contributed by atoms with Crippen molar-refractivity contribution in [2.45, 2.75) is 18.9 Å². The molecule has 1 unspecified atom stereocenters. The van der Waals surface area contributed by atoms with Gasteiger partial charge in [-0.05, 0) is 30.5 Å². The Morgan fingerprint density at radius 3 is 2.65 bits per heavy atom. The molecule has 5 heteroatoms. The normalized spacial score (nSPS) is 17.2. The second kappa shape index (κ2) is 5.02. The van der Waals surface area contributed by atoms with E-state index >= 15 is 0 Å². The van der Waals surface area contributed by atoms with E-state index in [0.29, 0.717) is 5.56 Å². The topological polar surface area (TPSA) is 46.3 Å². The van der Waals surface area contributed by atoms with Crippen molar-refractivity contribution < 1.29 is 9.18 Å². The largest absolute Gasteiger partial charge is 0.341 e. The summed E-state index contributed by atoms with van der Waals surface area (Å²) in [6.45, 7) is 1.50. The maximum absolute atomic E-state index is 13.0. The highest BCUT2D eigenvalue weighted by molar-refractivity contribution is 6.30. The van der Waals surface area contributed by atoms with Gasteiger partial charge in [0, 0.05) is 13.1 Å². The Hall–Kier alpha value is -1.13. The Balaban J connectivity index is 2.15. The summed E-state index contributed by atoms with van der Waals surface area (Å²) in [6, 6.07) is 3.38. The predicted molar refractivity (Wildman–Crippen MR) is 64.2 cm³/mol. The van der Waals surface area contributed by atoms with Gasteiger partial charge in [-0.3, -0.25) is 4.79 Å². The number of hydrogen-bond donors (Lipinski definition) is 1. The molecule has 17 heavy (non-hydrogen) atoms. The fourth-order valence-electron chi connectivity index (χ4n) is 1.98. The van der Waals surface area contributed by atoms with E-state index in [1.807, 2.05) is 0 Å². The summed E-state index contributed by atoms with van der Waals surface area (Å²) in [5, 5.41) is -0.00725. The summed E-state index contributed by atoms with van der Waals surface area (Å²) in [5.41, 5.74) is 6.41. The van der Waals surface area contributed by atoms with Gasteiger partial charge < -0.3 is 10.6 Å². The van der Waals surface area contributed by atoms with Crippen LogP contribution in [0.2, 0.25) is 5.02 Å². The Morgan fingerprint density at radius 2 is 2.06 bits per heavy atom. The molecular weight excluding hydrogens is 243 g/mol. The van der Waals surface area contributed by atoms with Crippen molar-refractivity contribution >= 4 is 17.5 Å². The number of rotatable bonds is 2. The van der Waals surface area contributed by atoms with E-state index < -0.39 is 11.9 Å². The van der Waals surface area contributed by atoms with Crippen molar-refractivity contribution in [3.63, 3.8) is 0 Å². The highest BCUT2D eigenvalue weighted by Crippen LogP contribution is 2.22. The van der Waals surface area contributed by atoms with Gasteiger partial charge >= 0.3 is 0 Å². The lowest BCUT2D eigenvalue weighted by Gasteiger charge is -2.20. The molecule has 0 bridgehead atoms. The zero-order valence-electron chi connectivity index (χ0n) is 9.33. The van der Waals surface area contributed by atoms with E-state index in [0.717, 1.165) is 25.9 Å². The molecule has 1 fully saturated rings. The Labute approximate surface area is 104 Å². The molecule has 0 aliphatic carbocycles. The molecule has 0 radical (unpaired) electrons. The number of carbonyl (C=O) groups is 1. The predicted octanol–water partition coefficient (Wildman–Crippen LogP) is 2.10. The minimum Gasteiger partial charge on any atom is -0.341 e. The SMILES string of the molecule is NC(C(=O)N1CCCC1)c1ccc(F)c(Cl)c1. The molecule has 1 aromatic carbocycles. The molecule has 1 aliphatic heterocycles. The van der Waals surface area contributed by atoms with E-state index in [2.05, 4.69) is 0 Å². The molecule has 1 aromatic rings. The number of nitrogens with zero attached hydrogens (tertiary/aromatic N) is 1. The van der Waals surface area contributed by atoms with Crippen LogP contribution in [0.3, 0.4) is 0 Å². The van der Waals surface area contributed by atoms with Crippen LogP contribution in [0.5, 0.6) is 0 Å². The third-order valence-electron chi connectivity index (χ3n) is 2.99. The molecule has 1 atom stereocenters. The average molecular weight is 257 g/mol. The lowest BCUT2D eigenvalue weighted by molar-refractivity contribution is -0.131. The van der Waals surface area contributed by atoms with Gasteiger partial charge in [-0.1, -0.05) is 17.7 Å². The molecular formula is C12H14ClFN2O. The summed E-state index contributed by atoms with van der Waals surface area (Å²) < 4.78 is 13.0. The molecule has 2 rings (SSSR count). The number of halogens is 2. The quantitative estimate of drug-likeness (QED) is 0.881. The smallest absolute Gasteiger partial charge is 0.244 e. The Kier molecular flexibility index (Phi) is 3.64. The highest BCUT2D eigenvalue weighted by Gasteiger charge is 2.25. The number of carbonyl (C=O) groups excluding carboxylic acids is 1. The van der Waals surface area contributed by atoms with E-state index in [-0.39, 0.29) is 10.9 Å². The van der Waals surface area contributed by atoms with Crippen LogP contribution in [0.4, 0.5) is 4.39 Å². The van der Waals surface area contributed by atoms with Crippen LogP contribution in [0.1, 0.15) is 24.4 Å². The van der Waals surface area contributed by atoms with E-state index in [1.54, 1.807) is 4.90 Å². The van der Waals surface area contributed by atoms with Crippen LogP contribution >= 0.6 is 11.6 Å². The maximum atomic E-state index is 13.0. The third kappa shape index (κ3) is 2.58. The second-order valence-electron chi connectivity index (χ2n) is 4.18. The van der Waals surface area contributed by atoms with Crippen LogP contribution in [0.15, 0.2) is 18.2 Å². The van der Waals surface area contributed by atoms with Gasteiger partial charge in [-0.2, -0.15) is 0 Å². The minimum absolute atomic E-state index is 0.00725. The lowest BCUT2D eigenvalue weighted by Crippen LogP contribution is -2.36. The fraction of sp³-hybridized carbons (Fsp3) is 0.417. The number of hydrogen-bond acceptors (Lipinski definition) is 2. The zero-order valence-corrected chi connectivity index (χ0v) is 10.1. The first kappa shape index (κ1) is 12.3. The van der Waals surface area contributed by atoms with E-state index in [9.17, 15) is 9.18 Å². The monoisotopic (exact) mass is 256 g/mol. The Bertz CT molecular complexity index is 433. The van der Waals surface area contributed by atoms with Gasteiger partial charge in [0.25, 0.3) is 0 Å². The summed E-state index contributed by atoms with van der Waals surface area (Å²) >= 11 is 5.67. The third-order valence-corrected chi connectivity index (χ3v) is 3.28. The standard InChI is InChI=1S/C12H14ClFN2O/c13-9-7-8(3-4-10(9)14)11(15)12(17)16-5-1-2-6-16/h3-4,7,11H,1-2,5-6,15H2. The fourth-order valence-corrected chi connectivity index (χ4v) is 2.17. The number of amides is 1. The first-order chi connectivity index (χ1) is 8.09. The number of benzene rings is 1. The molecule has 92 valence electrons. The molecule has 1 heterocycles.